The summed E-state index contributed by atoms with van der Waals surface area (Å²) in [5, 5.41) is 6.23. The first kappa shape index (κ1) is 13.9. The Morgan fingerprint density at radius 2 is 2.00 bits per heavy atom. The van der Waals surface area contributed by atoms with Gasteiger partial charge in [-0.1, -0.05) is 13.8 Å². The summed E-state index contributed by atoms with van der Waals surface area (Å²) in [6, 6.07) is 6.44. The molecule has 0 heterocycles. The Balaban J connectivity index is 1.97. The molecule has 19 heavy (non-hydrogen) atoms. The molecule has 0 aromatic heterocycles. The molecule has 0 unspecified atom stereocenters. The zero-order chi connectivity index (χ0) is 14.0. The Hall–Kier alpha value is -1.51. The highest BCUT2D eigenvalue weighted by molar-refractivity contribution is 5.94. The average Bonchev–Trinajstić information content (AvgIpc) is 2.33. The van der Waals surface area contributed by atoms with Crippen LogP contribution in [-0.4, -0.2) is 19.0 Å². The first-order valence-electron chi connectivity index (χ1n) is 7.10. The number of rotatable bonds is 4. The minimum Gasteiger partial charge on any atom is -0.382 e. The maximum absolute atomic E-state index is 11.6. The Bertz CT molecular complexity index is 462. The quantitative estimate of drug-likeness (QED) is 0.873. The molecule has 2 N–H and O–H groups in total. The molecule has 0 spiro atoms. The normalized spacial score (nSPS) is 21.9. The molecule has 0 aliphatic heterocycles. The van der Waals surface area contributed by atoms with Crippen LogP contribution in [0, 0.1) is 18.8 Å². The maximum atomic E-state index is 11.6. The van der Waals surface area contributed by atoms with E-state index in [9.17, 15) is 4.79 Å². The fourth-order valence-corrected chi connectivity index (χ4v) is 2.66. The zero-order valence-electron chi connectivity index (χ0n) is 12.3. The van der Waals surface area contributed by atoms with E-state index < -0.39 is 0 Å². The van der Waals surface area contributed by atoms with Gasteiger partial charge in [0, 0.05) is 24.3 Å². The van der Waals surface area contributed by atoms with Gasteiger partial charge in [0.2, 0.25) is 0 Å². The Morgan fingerprint density at radius 1 is 1.32 bits per heavy atom. The summed E-state index contributed by atoms with van der Waals surface area (Å²) in [5.41, 5.74) is 3.01. The Labute approximate surface area is 115 Å². The Kier molecular flexibility index (Phi) is 4.13. The summed E-state index contributed by atoms with van der Waals surface area (Å²) in [5.74, 6) is 1.62. The van der Waals surface area contributed by atoms with Gasteiger partial charge in [0.1, 0.15) is 0 Å². The molecule has 0 saturated heterocycles. The van der Waals surface area contributed by atoms with Crippen LogP contribution < -0.4 is 10.6 Å². The van der Waals surface area contributed by atoms with Crippen molar-refractivity contribution in [3.63, 3.8) is 0 Å². The zero-order valence-corrected chi connectivity index (χ0v) is 12.3. The lowest BCUT2D eigenvalue weighted by molar-refractivity contribution is 0.0963. The van der Waals surface area contributed by atoms with Crippen molar-refractivity contribution in [3.8, 4) is 0 Å². The Morgan fingerprint density at radius 3 is 2.53 bits per heavy atom. The molecule has 1 fully saturated rings. The van der Waals surface area contributed by atoms with E-state index in [1.807, 2.05) is 25.1 Å². The monoisotopic (exact) mass is 260 g/mol. The third-order valence-electron chi connectivity index (χ3n) is 4.19. The van der Waals surface area contributed by atoms with Gasteiger partial charge < -0.3 is 10.6 Å². The van der Waals surface area contributed by atoms with Crippen LogP contribution in [0.2, 0.25) is 0 Å². The molecular formula is C16H24N2O. The molecule has 1 aliphatic rings. The van der Waals surface area contributed by atoms with Crippen LogP contribution in [0.4, 0.5) is 5.69 Å². The van der Waals surface area contributed by atoms with Crippen LogP contribution in [0.3, 0.4) is 0 Å². The van der Waals surface area contributed by atoms with Gasteiger partial charge in [-0.15, -0.1) is 0 Å². The number of nitrogens with one attached hydrogen (secondary N) is 2. The molecule has 104 valence electrons. The van der Waals surface area contributed by atoms with Crippen molar-refractivity contribution >= 4 is 11.6 Å². The van der Waals surface area contributed by atoms with E-state index in [-0.39, 0.29) is 5.91 Å². The third-order valence-corrected chi connectivity index (χ3v) is 4.19. The van der Waals surface area contributed by atoms with Gasteiger partial charge in [-0.3, -0.25) is 4.79 Å². The van der Waals surface area contributed by atoms with Gasteiger partial charge in [0.25, 0.3) is 5.91 Å². The van der Waals surface area contributed by atoms with Gasteiger partial charge in [-0.25, -0.2) is 0 Å². The molecule has 0 radical (unpaired) electrons. The predicted octanol–water partition coefficient (Wildman–Crippen LogP) is 3.20. The first-order valence-corrected chi connectivity index (χ1v) is 7.10. The predicted molar refractivity (Wildman–Crippen MR) is 79.5 cm³/mol. The molecule has 1 aromatic carbocycles. The number of carbonyl (C=O) groups excluding carboxylic acids is 1. The molecule has 3 nitrogen and oxygen atoms in total. The third kappa shape index (κ3) is 3.09. The number of hydrogen-bond acceptors (Lipinski definition) is 2. The van der Waals surface area contributed by atoms with Crippen LogP contribution in [0.1, 0.15) is 42.6 Å². The van der Waals surface area contributed by atoms with E-state index in [1.165, 1.54) is 12.8 Å². The molecule has 1 saturated carbocycles. The molecule has 0 atom stereocenters. The summed E-state index contributed by atoms with van der Waals surface area (Å²) in [7, 11) is 1.66. The summed E-state index contributed by atoms with van der Waals surface area (Å²) >= 11 is 0. The lowest BCUT2D eigenvalue weighted by atomic mass is 9.73. The number of benzene rings is 1. The van der Waals surface area contributed by atoms with Crippen molar-refractivity contribution < 1.29 is 4.79 Å². The van der Waals surface area contributed by atoms with Gasteiger partial charge in [0.05, 0.1) is 0 Å². The largest absolute Gasteiger partial charge is 0.382 e. The summed E-state index contributed by atoms with van der Waals surface area (Å²) in [6.45, 7) is 6.64. The standard InChI is InChI=1S/C16H24N2O/c1-10(2)13-8-14(9-13)18-15-6-5-12(7-11(15)3)16(19)17-4/h5-7,10,13-14,18H,8-9H2,1-4H3,(H,17,19). The van der Waals surface area contributed by atoms with Crippen molar-refractivity contribution in [1.82, 2.24) is 5.32 Å². The molecular weight excluding hydrogens is 236 g/mol. The minimum absolute atomic E-state index is 0.0295. The number of hydrogen-bond donors (Lipinski definition) is 2. The number of amides is 1. The smallest absolute Gasteiger partial charge is 0.251 e. The van der Waals surface area contributed by atoms with Crippen LogP contribution >= 0.6 is 0 Å². The summed E-state index contributed by atoms with van der Waals surface area (Å²) in [6.07, 6.45) is 2.52. The van der Waals surface area contributed by atoms with Crippen LogP contribution in [-0.2, 0) is 0 Å². The maximum Gasteiger partial charge on any atom is 0.251 e. The van der Waals surface area contributed by atoms with Gasteiger partial charge in [-0.2, -0.15) is 0 Å². The van der Waals surface area contributed by atoms with Crippen LogP contribution in [0.5, 0.6) is 0 Å². The van der Waals surface area contributed by atoms with E-state index in [1.54, 1.807) is 7.05 Å². The van der Waals surface area contributed by atoms with E-state index in [2.05, 4.69) is 24.5 Å². The second-order valence-corrected chi connectivity index (χ2v) is 5.93. The van der Waals surface area contributed by atoms with Gasteiger partial charge in [-0.05, 0) is 55.4 Å². The van der Waals surface area contributed by atoms with Gasteiger partial charge >= 0.3 is 0 Å². The van der Waals surface area contributed by atoms with E-state index in [4.69, 9.17) is 0 Å². The fraction of sp³-hybridized carbons (Fsp3) is 0.562. The van der Waals surface area contributed by atoms with Crippen molar-refractivity contribution in [1.29, 1.82) is 0 Å². The van der Waals surface area contributed by atoms with E-state index >= 15 is 0 Å². The molecule has 1 amide bonds. The minimum atomic E-state index is -0.0295. The van der Waals surface area contributed by atoms with Crippen LogP contribution in [0.25, 0.3) is 0 Å². The first-order chi connectivity index (χ1) is 9.01. The molecule has 0 bridgehead atoms. The highest BCUT2D eigenvalue weighted by Crippen LogP contribution is 2.36. The number of aryl methyl sites for hydroxylation is 1. The lowest BCUT2D eigenvalue weighted by Crippen LogP contribution is -2.38. The van der Waals surface area contributed by atoms with Gasteiger partial charge in [0.15, 0.2) is 0 Å². The van der Waals surface area contributed by atoms with Crippen molar-refractivity contribution in [2.45, 2.75) is 39.7 Å². The SMILES string of the molecule is CNC(=O)c1ccc(NC2CC(C(C)C)C2)c(C)c1. The average molecular weight is 260 g/mol. The number of carbonyl (C=O) groups is 1. The van der Waals surface area contributed by atoms with Crippen molar-refractivity contribution in [2.75, 3.05) is 12.4 Å². The summed E-state index contributed by atoms with van der Waals surface area (Å²) in [4.78, 5) is 11.6. The lowest BCUT2D eigenvalue weighted by Gasteiger charge is -2.39. The molecule has 3 heteroatoms. The highest BCUT2D eigenvalue weighted by atomic mass is 16.1. The van der Waals surface area contributed by atoms with Crippen molar-refractivity contribution in [2.24, 2.45) is 11.8 Å². The number of anilines is 1. The summed E-state index contributed by atoms with van der Waals surface area (Å²) < 4.78 is 0. The fourth-order valence-electron chi connectivity index (χ4n) is 2.66. The van der Waals surface area contributed by atoms with Crippen LogP contribution in [0.15, 0.2) is 18.2 Å². The van der Waals surface area contributed by atoms with Crippen molar-refractivity contribution in [3.05, 3.63) is 29.3 Å². The molecule has 1 aromatic rings. The molecule has 2 rings (SSSR count). The second-order valence-electron chi connectivity index (χ2n) is 5.93. The second kappa shape index (κ2) is 5.64. The molecule has 1 aliphatic carbocycles. The van der Waals surface area contributed by atoms with E-state index in [0.717, 1.165) is 28.7 Å². The topological polar surface area (TPSA) is 41.1 Å². The highest BCUT2D eigenvalue weighted by Gasteiger charge is 2.31. The van der Waals surface area contributed by atoms with E-state index in [0.29, 0.717) is 6.04 Å².